The molecule has 0 fully saturated rings. The number of rotatable bonds is 8. The van der Waals surface area contributed by atoms with Crippen LogP contribution in [0.2, 0.25) is 0 Å². The normalized spacial score (nSPS) is 11.4. The van der Waals surface area contributed by atoms with Gasteiger partial charge in [-0.2, -0.15) is 0 Å². The molecule has 1 aromatic carbocycles. The van der Waals surface area contributed by atoms with Crippen molar-refractivity contribution in [2.24, 2.45) is 5.73 Å². The van der Waals surface area contributed by atoms with E-state index >= 15 is 0 Å². The molecule has 4 N–H and O–H groups in total. The van der Waals surface area contributed by atoms with Crippen LogP contribution in [0.3, 0.4) is 0 Å². The highest BCUT2D eigenvalue weighted by molar-refractivity contribution is 5.83. The van der Waals surface area contributed by atoms with Gasteiger partial charge in [-0.3, -0.25) is 4.79 Å². The second-order valence-electron chi connectivity index (χ2n) is 4.64. The van der Waals surface area contributed by atoms with E-state index in [1.165, 1.54) is 7.05 Å². The Balaban J connectivity index is 2.29. The lowest BCUT2D eigenvalue weighted by Crippen LogP contribution is -2.43. The largest absolute Gasteiger partial charge is 0.497 e. The van der Waals surface area contributed by atoms with E-state index in [9.17, 15) is 14.7 Å². The summed E-state index contributed by atoms with van der Waals surface area (Å²) in [5.41, 5.74) is 5.00. The maximum absolute atomic E-state index is 11.5. The summed E-state index contributed by atoms with van der Waals surface area (Å²) in [5.74, 6) is 0.787. The summed E-state index contributed by atoms with van der Waals surface area (Å²) in [7, 11) is 2.96. The monoisotopic (exact) mass is 311 g/mol. The molecule has 1 rings (SSSR count). The van der Waals surface area contributed by atoms with Gasteiger partial charge in [-0.05, 0) is 12.1 Å². The molecule has 0 aliphatic heterocycles. The molecule has 22 heavy (non-hydrogen) atoms. The molecule has 0 aliphatic rings. The van der Waals surface area contributed by atoms with Gasteiger partial charge in [0, 0.05) is 19.7 Å². The summed E-state index contributed by atoms with van der Waals surface area (Å²) >= 11 is 0. The molecule has 0 radical (unpaired) electrons. The number of hydrogen-bond donors (Lipinski definition) is 3. The fraction of sp³-hybridized carbons (Fsp3) is 0.429. The van der Waals surface area contributed by atoms with Crippen LogP contribution in [-0.4, -0.2) is 61.9 Å². The third kappa shape index (κ3) is 6.31. The Morgan fingerprint density at radius 3 is 2.73 bits per heavy atom. The molecule has 0 heterocycles. The number of benzene rings is 1. The number of amides is 3. The molecule has 0 aromatic heterocycles. The maximum atomic E-state index is 11.5. The molecule has 122 valence electrons. The van der Waals surface area contributed by atoms with Gasteiger partial charge in [0.15, 0.2) is 0 Å². The van der Waals surface area contributed by atoms with E-state index in [0.29, 0.717) is 11.5 Å². The van der Waals surface area contributed by atoms with Crippen molar-refractivity contribution >= 4 is 11.9 Å². The number of hydrogen-bond acceptors (Lipinski definition) is 5. The molecule has 0 unspecified atom stereocenters. The first-order valence-electron chi connectivity index (χ1n) is 6.64. The van der Waals surface area contributed by atoms with Crippen LogP contribution in [0.25, 0.3) is 0 Å². The number of urea groups is 1. The fourth-order valence-electron chi connectivity index (χ4n) is 1.52. The van der Waals surface area contributed by atoms with Gasteiger partial charge in [0.05, 0.1) is 7.11 Å². The van der Waals surface area contributed by atoms with E-state index in [1.807, 2.05) is 0 Å². The van der Waals surface area contributed by atoms with Crippen LogP contribution in [0.1, 0.15) is 0 Å². The van der Waals surface area contributed by atoms with Crippen molar-refractivity contribution in [2.45, 2.75) is 6.10 Å². The molecule has 0 aliphatic carbocycles. The predicted octanol–water partition coefficient (Wildman–Crippen LogP) is -0.438. The van der Waals surface area contributed by atoms with Gasteiger partial charge in [0.25, 0.3) is 0 Å². The molecule has 0 saturated heterocycles. The highest BCUT2D eigenvalue weighted by atomic mass is 16.5. The lowest BCUT2D eigenvalue weighted by molar-refractivity contribution is -0.122. The van der Waals surface area contributed by atoms with Crippen LogP contribution in [0, 0.1) is 0 Å². The summed E-state index contributed by atoms with van der Waals surface area (Å²) in [6.07, 6.45) is -0.881. The first kappa shape index (κ1) is 17.6. The van der Waals surface area contributed by atoms with Crippen molar-refractivity contribution in [2.75, 3.05) is 33.9 Å². The van der Waals surface area contributed by atoms with Crippen LogP contribution in [-0.2, 0) is 4.79 Å². The van der Waals surface area contributed by atoms with E-state index < -0.39 is 18.0 Å². The van der Waals surface area contributed by atoms with Crippen LogP contribution >= 0.6 is 0 Å². The quantitative estimate of drug-likeness (QED) is 0.602. The number of methoxy groups -OCH3 is 1. The van der Waals surface area contributed by atoms with Crippen LogP contribution in [0.4, 0.5) is 4.79 Å². The minimum atomic E-state index is -0.881. The van der Waals surface area contributed by atoms with E-state index in [-0.39, 0.29) is 19.7 Å². The fourth-order valence-corrected chi connectivity index (χ4v) is 1.52. The van der Waals surface area contributed by atoms with Crippen molar-refractivity contribution < 1.29 is 24.2 Å². The number of ether oxygens (including phenoxy) is 2. The molecule has 1 aromatic rings. The Kier molecular flexibility index (Phi) is 6.97. The molecule has 8 heteroatoms. The zero-order valence-corrected chi connectivity index (χ0v) is 12.6. The van der Waals surface area contributed by atoms with E-state index in [2.05, 4.69) is 5.32 Å². The number of aliphatic hydroxyl groups is 1. The van der Waals surface area contributed by atoms with Gasteiger partial charge in [0.2, 0.25) is 5.91 Å². The summed E-state index contributed by atoms with van der Waals surface area (Å²) in [6.45, 7) is -0.146. The highest BCUT2D eigenvalue weighted by Gasteiger charge is 2.12. The van der Waals surface area contributed by atoms with Crippen LogP contribution < -0.4 is 20.5 Å². The lowest BCUT2D eigenvalue weighted by atomic mass is 10.3. The van der Waals surface area contributed by atoms with Gasteiger partial charge < -0.3 is 30.5 Å². The summed E-state index contributed by atoms with van der Waals surface area (Å²) < 4.78 is 10.5. The second-order valence-corrected chi connectivity index (χ2v) is 4.64. The topological polar surface area (TPSA) is 114 Å². The van der Waals surface area contributed by atoms with E-state index in [1.54, 1.807) is 31.4 Å². The van der Waals surface area contributed by atoms with Crippen LogP contribution in [0.5, 0.6) is 11.5 Å². The molecule has 0 saturated carbocycles. The predicted molar refractivity (Wildman–Crippen MR) is 79.7 cm³/mol. The molecule has 0 spiro atoms. The first-order valence-corrected chi connectivity index (χ1v) is 6.64. The van der Waals surface area contributed by atoms with Gasteiger partial charge in [-0.1, -0.05) is 6.07 Å². The first-order chi connectivity index (χ1) is 10.4. The SMILES string of the molecule is COc1cccc(OC[C@@H](O)CNC(=O)CN(C)C(N)=O)c1. The smallest absolute Gasteiger partial charge is 0.314 e. The number of likely N-dealkylation sites (N-methyl/N-ethyl adjacent to an activating group) is 1. The van der Waals surface area contributed by atoms with Gasteiger partial charge in [0.1, 0.15) is 30.8 Å². The van der Waals surface area contributed by atoms with Crippen molar-refractivity contribution in [3.63, 3.8) is 0 Å². The van der Waals surface area contributed by atoms with E-state index in [0.717, 1.165) is 4.90 Å². The number of aliphatic hydroxyl groups excluding tert-OH is 1. The molecule has 8 nitrogen and oxygen atoms in total. The molecule has 1 atom stereocenters. The van der Waals surface area contributed by atoms with E-state index in [4.69, 9.17) is 15.2 Å². The Hall–Kier alpha value is -2.48. The lowest BCUT2D eigenvalue weighted by Gasteiger charge is -2.16. The second kappa shape index (κ2) is 8.73. The molecule has 0 bridgehead atoms. The van der Waals surface area contributed by atoms with Crippen molar-refractivity contribution in [3.05, 3.63) is 24.3 Å². The van der Waals surface area contributed by atoms with Gasteiger partial charge in [-0.15, -0.1) is 0 Å². The average Bonchev–Trinajstić information content (AvgIpc) is 2.51. The Labute approximate surface area is 128 Å². The van der Waals surface area contributed by atoms with Crippen molar-refractivity contribution in [3.8, 4) is 11.5 Å². The third-order valence-corrected chi connectivity index (χ3v) is 2.78. The number of nitrogens with zero attached hydrogens (tertiary/aromatic N) is 1. The zero-order valence-electron chi connectivity index (χ0n) is 12.6. The Morgan fingerprint density at radius 2 is 2.09 bits per heavy atom. The molecular formula is C14H21N3O5. The standard InChI is InChI=1S/C14H21N3O5/c1-17(14(15)20)8-13(19)16-7-10(18)9-22-12-5-3-4-11(6-12)21-2/h3-6,10,18H,7-9H2,1-2H3,(H2,15,20)(H,16,19)/t10-/m0/s1. The minimum absolute atomic E-state index is 0.00933. The average molecular weight is 311 g/mol. The number of nitrogens with two attached hydrogens (primary N) is 1. The molecular weight excluding hydrogens is 290 g/mol. The summed E-state index contributed by atoms with van der Waals surface area (Å²) in [6, 6.07) is 6.26. The van der Waals surface area contributed by atoms with Crippen LogP contribution in [0.15, 0.2) is 24.3 Å². The number of carbonyl (C=O) groups excluding carboxylic acids is 2. The Bertz CT molecular complexity index is 509. The minimum Gasteiger partial charge on any atom is -0.497 e. The Morgan fingerprint density at radius 1 is 1.41 bits per heavy atom. The highest BCUT2D eigenvalue weighted by Crippen LogP contribution is 2.18. The summed E-state index contributed by atoms with van der Waals surface area (Å²) in [4.78, 5) is 23.3. The number of primary amides is 1. The number of carbonyl (C=O) groups is 2. The van der Waals surface area contributed by atoms with Gasteiger partial charge in [-0.25, -0.2) is 4.79 Å². The van der Waals surface area contributed by atoms with Crippen molar-refractivity contribution in [1.82, 2.24) is 10.2 Å². The van der Waals surface area contributed by atoms with Crippen molar-refractivity contribution in [1.29, 1.82) is 0 Å². The third-order valence-electron chi connectivity index (χ3n) is 2.78. The maximum Gasteiger partial charge on any atom is 0.314 e. The summed E-state index contributed by atoms with van der Waals surface area (Å²) in [5, 5.41) is 12.2. The number of nitrogens with one attached hydrogen (secondary N) is 1. The molecule has 3 amide bonds. The zero-order chi connectivity index (χ0) is 16.5. The van der Waals surface area contributed by atoms with Gasteiger partial charge >= 0.3 is 6.03 Å².